The Kier molecular flexibility index (Phi) is 8.61. The van der Waals surface area contributed by atoms with E-state index in [0.717, 1.165) is 26.2 Å². The summed E-state index contributed by atoms with van der Waals surface area (Å²) in [5, 5.41) is 0. The summed E-state index contributed by atoms with van der Waals surface area (Å²) in [6.45, 7) is 10.0. The van der Waals surface area contributed by atoms with Gasteiger partial charge in [0.05, 0.1) is 18.6 Å². The Balaban J connectivity index is 1.20. The van der Waals surface area contributed by atoms with E-state index in [1.54, 1.807) is 40.1 Å². The number of sulfonamides is 1. The van der Waals surface area contributed by atoms with Crippen LogP contribution in [0.2, 0.25) is 0 Å². The third kappa shape index (κ3) is 5.88. The quantitative estimate of drug-likeness (QED) is 0.454. The highest BCUT2D eigenvalue weighted by Gasteiger charge is 2.43. The lowest BCUT2D eigenvalue weighted by Crippen LogP contribution is -2.44. The molecule has 0 spiro atoms. The Morgan fingerprint density at radius 2 is 1.64 bits per heavy atom. The summed E-state index contributed by atoms with van der Waals surface area (Å²) in [7, 11) is 1.63. The molecular formula is C26H42N4O5S. The number of rotatable bonds is 9. The first kappa shape index (κ1) is 27.3. The molecule has 1 aromatic rings. The number of carbonyl (C=O) groups is 1. The molecule has 3 saturated heterocycles. The summed E-state index contributed by atoms with van der Waals surface area (Å²) < 4.78 is 38.4. The standard InChI is InChI=1S/C26H42N4O5S/c1-19-12-24(34-5)13-20(2)26(19)36(32,33)28(4)10-11-35-18-25(31)30-16-21-14-29(15-22(21)17-30)23-6-8-27(3)9-7-23/h12-13,21-23H,6-11,14-18H2,1-5H3/t21-,22+. The van der Waals surface area contributed by atoms with Crippen molar-refractivity contribution in [3.8, 4) is 5.75 Å². The SMILES string of the molecule is COc1cc(C)c(S(=O)(=O)N(C)CCOCC(=O)N2C[C@@H]3CN(C4CCN(C)CC4)C[C@@H]3C2)c(C)c1. The monoisotopic (exact) mass is 522 g/mol. The number of likely N-dealkylation sites (tertiary alicyclic amines) is 3. The summed E-state index contributed by atoms with van der Waals surface area (Å²) in [4.78, 5) is 20.0. The fourth-order valence-corrected chi connectivity index (χ4v) is 7.60. The van der Waals surface area contributed by atoms with Gasteiger partial charge in [-0.05, 0) is 81.9 Å². The van der Waals surface area contributed by atoms with Crippen molar-refractivity contribution in [1.29, 1.82) is 0 Å². The number of nitrogens with zero attached hydrogens (tertiary/aromatic N) is 4. The molecule has 0 radical (unpaired) electrons. The molecule has 0 N–H and O–H groups in total. The molecule has 3 heterocycles. The molecule has 0 aromatic heterocycles. The average Bonchev–Trinajstić information content (AvgIpc) is 3.41. The van der Waals surface area contributed by atoms with Gasteiger partial charge in [0, 0.05) is 45.8 Å². The lowest BCUT2D eigenvalue weighted by molar-refractivity contribution is -0.135. The minimum absolute atomic E-state index is 0.00240. The van der Waals surface area contributed by atoms with Gasteiger partial charge in [-0.15, -0.1) is 0 Å². The lowest BCUT2D eigenvalue weighted by Gasteiger charge is -2.35. The van der Waals surface area contributed by atoms with E-state index in [-0.39, 0.29) is 25.7 Å². The van der Waals surface area contributed by atoms with E-state index in [1.165, 1.54) is 30.2 Å². The molecule has 0 saturated carbocycles. The van der Waals surface area contributed by atoms with Crippen LogP contribution in [0, 0.1) is 25.7 Å². The van der Waals surface area contributed by atoms with Gasteiger partial charge < -0.3 is 19.3 Å². The van der Waals surface area contributed by atoms with Crippen LogP contribution in [0.15, 0.2) is 17.0 Å². The Labute approximate surface area is 216 Å². The summed E-state index contributed by atoms with van der Waals surface area (Å²) >= 11 is 0. The molecular weight excluding hydrogens is 480 g/mol. The summed E-state index contributed by atoms with van der Waals surface area (Å²) in [5.41, 5.74) is 1.28. The van der Waals surface area contributed by atoms with Gasteiger partial charge >= 0.3 is 0 Å². The first-order valence-electron chi connectivity index (χ1n) is 13.0. The van der Waals surface area contributed by atoms with Crippen LogP contribution in [0.1, 0.15) is 24.0 Å². The topological polar surface area (TPSA) is 82.6 Å². The van der Waals surface area contributed by atoms with E-state index < -0.39 is 10.0 Å². The smallest absolute Gasteiger partial charge is 0.248 e. The summed E-state index contributed by atoms with van der Waals surface area (Å²) in [6.07, 6.45) is 2.49. The molecule has 4 rings (SSSR count). The van der Waals surface area contributed by atoms with Crippen LogP contribution in [0.3, 0.4) is 0 Å². The van der Waals surface area contributed by atoms with Crippen molar-refractivity contribution in [3.63, 3.8) is 0 Å². The number of aryl methyl sites for hydroxylation is 2. The van der Waals surface area contributed by atoms with Crippen molar-refractivity contribution in [2.24, 2.45) is 11.8 Å². The van der Waals surface area contributed by atoms with Crippen LogP contribution in [-0.4, -0.2) is 120 Å². The predicted octanol–water partition coefficient (Wildman–Crippen LogP) is 1.43. The van der Waals surface area contributed by atoms with Crippen molar-refractivity contribution in [1.82, 2.24) is 19.0 Å². The zero-order chi connectivity index (χ0) is 26.0. The molecule has 3 aliphatic rings. The molecule has 2 atom stereocenters. The van der Waals surface area contributed by atoms with Gasteiger partial charge in [0.25, 0.3) is 0 Å². The molecule has 1 amide bonds. The number of amides is 1. The highest BCUT2D eigenvalue weighted by Crippen LogP contribution is 2.34. The van der Waals surface area contributed by atoms with E-state index in [4.69, 9.17) is 9.47 Å². The van der Waals surface area contributed by atoms with Gasteiger partial charge in [0.1, 0.15) is 12.4 Å². The number of hydrogen-bond acceptors (Lipinski definition) is 7. The Hall–Kier alpha value is -1.72. The maximum Gasteiger partial charge on any atom is 0.248 e. The maximum absolute atomic E-state index is 13.1. The molecule has 1 aromatic carbocycles. The molecule has 10 heteroatoms. The largest absolute Gasteiger partial charge is 0.497 e. The molecule has 36 heavy (non-hydrogen) atoms. The van der Waals surface area contributed by atoms with Gasteiger partial charge in [0.15, 0.2) is 0 Å². The van der Waals surface area contributed by atoms with Crippen LogP contribution in [0.4, 0.5) is 0 Å². The van der Waals surface area contributed by atoms with E-state index in [1.807, 2.05) is 4.90 Å². The van der Waals surface area contributed by atoms with Gasteiger partial charge in [-0.3, -0.25) is 9.69 Å². The molecule has 0 bridgehead atoms. The second-order valence-corrected chi connectivity index (χ2v) is 12.8. The molecule has 202 valence electrons. The number of carbonyl (C=O) groups excluding carboxylic acids is 1. The fourth-order valence-electron chi connectivity index (χ4n) is 6.05. The number of piperidine rings is 1. The van der Waals surface area contributed by atoms with Crippen molar-refractivity contribution >= 4 is 15.9 Å². The van der Waals surface area contributed by atoms with Crippen LogP contribution in [-0.2, 0) is 19.6 Å². The van der Waals surface area contributed by atoms with Crippen LogP contribution < -0.4 is 4.74 Å². The van der Waals surface area contributed by atoms with Crippen molar-refractivity contribution < 1.29 is 22.7 Å². The number of hydrogen-bond donors (Lipinski definition) is 0. The zero-order valence-electron chi connectivity index (χ0n) is 22.4. The third-order valence-corrected chi connectivity index (χ3v) is 10.3. The normalized spacial score (nSPS) is 24.0. The van der Waals surface area contributed by atoms with Crippen LogP contribution in [0.25, 0.3) is 0 Å². The second kappa shape index (κ2) is 11.3. The fraction of sp³-hybridized carbons (Fsp3) is 0.731. The zero-order valence-corrected chi connectivity index (χ0v) is 23.2. The molecule has 3 fully saturated rings. The minimum Gasteiger partial charge on any atom is -0.497 e. The third-order valence-electron chi connectivity index (χ3n) is 8.19. The van der Waals surface area contributed by atoms with Crippen molar-refractivity contribution in [2.45, 2.75) is 37.6 Å². The molecule has 3 aliphatic heterocycles. The van der Waals surface area contributed by atoms with Gasteiger partial charge in [0.2, 0.25) is 15.9 Å². The average molecular weight is 523 g/mol. The van der Waals surface area contributed by atoms with Crippen LogP contribution >= 0.6 is 0 Å². The van der Waals surface area contributed by atoms with Gasteiger partial charge in [-0.2, -0.15) is 4.31 Å². The highest BCUT2D eigenvalue weighted by molar-refractivity contribution is 7.89. The second-order valence-electron chi connectivity index (χ2n) is 10.8. The Bertz CT molecular complexity index is 1000. The number of likely N-dealkylation sites (N-methyl/N-ethyl adjacent to an activating group) is 1. The Morgan fingerprint density at radius 3 is 2.19 bits per heavy atom. The van der Waals surface area contributed by atoms with Gasteiger partial charge in [-0.1, -0.05) is 0 Å². The number of methoxy groups -OCH3 is 1. The lowest BCUT2D eigenvalue weighted by atomic mass is 10.0. The Morgan fingerprint density at radius 1 is 1.06 bits per heavy atom. The van der Waals surface area contributed by atoms with E-state index in [9.17, 15) is 13.2 Å². The highest BCUT2D eigenvalue weighted by atomic mass is 32.2. The predicted molar refractivity (Wildman–Crippen MR) is 139 cm³/mol. The molecule has 0 unspecified atom stereocenters. The van der Waals surface area contributed by atoms with E-state index in [0.29, 0.717) is 39.6 Å². The number of benzene rings is 1. The summed E-state index contributed by atoms with van der Waals surface area (Å²) in [6, 6.07) is 4.14. The molecule has 9 nitrogen and oxygen atoms in total. The first-order valence-corrected chi connectivity index (χ1v) is 14.4. The number of fused-ring (bicyclic) bond motifs is 1. The van der Waals surface area contributed by atoms with E-state index in [2.05, 4.69) is 16.8 Å². The first-order chi connectivity index (χ1) is 17.1. The molecule has 0 aliphatic carbocycles. The maximum atomic E-state index is 13.1. The van der Waals surface area contributed by atoms with E-state index >= 15 is 0 Å². The van der Waals surface area contributed by atoms with Gasteiger partial charge in [-0.25, -0.2) is 8.42 Å². The number of ether oxygens (including phenoxy) is 2. The van der Waals surface area contributed by atoms with Crippen molar-refractivity contribution in [2.75, 3.05) is 80.2 Å². The van der Waals surface area contributed by atoms with Crippen molar-refractivity contribution in [3.05, 3.63) is 23.3 Å². The minimum atomic E-state index is -3.67. The summed E-state index contributed by atoms with van der Waals surface area (Å²) in [5.74, 6) is 1.75. The van der Waals surface area contributed by atoms with Crippen LogP contribution in [0.5, 0.6) is 5.75 Å².